The highest BCUT2D eigenvalue weighted by Crippen LogP contribution is 2.71. The SMILES string of the molecule is CC1=C(C)C23CCC(C2CC1)C(C)(C)C3. The van der Waals surface area contributed by atoms with Crippen molar-refractivity contribution in [2.24, 2.45) is 22.7 Å². The van der Waals surface area contributed by atoms with Gasteiger partial charge in [-0.25, -0.2) is 0 Å². The summed E-state index contributed by atoms with van der Waals surface area (Å²) in [5.74, 6) is 2.07. The lowest BCUT2D eigenvalue weighted by molar-refractivity contribution is 0.190. The van der Waals surface area contributed by atoms with Crippen LogP contribution in [0.4, 0.5) is 0 Å². The van der Waals surface area contributed by atoms with E-state index in [0.29, 0.717) is 10.8 Å². The van der Waals surface area contributed by atoms with Crippen LogP contribution in [0.2, 0.25) is 0 Å². The van der Waals surface area contributed by atoms with E-state index in [1.54, 1.807) is 11.1 Å². The molecule has 2 bridgehead atoms. The molecule has 3 unspecified atom stereocenters. The van der Waals surface area contributed by atoms with Gasteiger partial charge in [-0.15, -0.1) is 0 Å². The Balaban J connectivity index is 2.11. The zero-order chi connectivity index (χ0) is 10.8. The van der Waals surface area contributed by atoms with Crippen LogP contribution in [0.3, 0.4) is 0 Å². The van der Waals surface area contributed by atoms with Gasteiger partial charge in [0.15, 0.2) is 0 Å². The van der Waals surface area contributed by atoms with Crippen LogP contribution in [0.1, 0.15) is 59.8 Å². The van der Waals surface area contributed by atoms with Crippen molar-refractivity contribution in [1.29, 1.82) is 0 Å². The predicted octanol–water partition coefficient (Wildman–Crippen LogP) is 4.56. The smallest absolute Gasteiger partial charge is 0.00518 e. The largest absolute Gasteiger partial charge is 0.0738 e. The van der Waals surface area contributed by atoms with Gasteiger partial charge in [-0.1, -0.05) is 25.0 Å². The van der Waals surface area contributed by atoms with Gasteiger partial charge in [0.25, 0.3) is 0 Å². The minimum Gasteiger partial charge on any atom is -0.0738 e. The summed E-state index contributed by atoms with van der Waals surface area (Å²) in [6.07, 6.45) is 7.33. The lowest BCUT2D eigenvalue weighted by Gasteiger charge is -2.40. The van der Waals surface area contributed by atoms with Crippen molar-refractivity contribution in [1.82, 2.24) is 0 Å². The first-order valence-corrected chi connectivity index (χ1v) is 6.64. The van der Waals surface area contributed by atoms with E-state index in [1.165, 1.54) is 32.1 Å². The molecule has 3 aliphatic rings. The van der Waals surface area contributed by atoms with Crippen LogP contribution in [0.25, 0.3) is 0 Å². The second-order valence-electron chi connectivity index (χ2n) is 7.02. The van der Waals surface area contributed by atoms with Crippen LogP contribution in [0, 0.1) is 22.7 Å². The summed E-state index contributed by atoms with van der Waals surface area (Å²) in [7, 11) is 0. The molecule has 0 aliphatic heterocycles. The van der Waals surface area contributed by atoms with Crippen molar-refractivity contribution < 1.29 is 0 Å². The van der Waals surface area contributed by atoms with Crippen molar-refractivity contribution in [2.75, 3.05) is 0 Å². The van der Waals surface area contributed by atoms with E-state index in [2.05, 4.69) is 27.7 Å². The van der Waals surface area contributed by atoms with Crippen molar-refractivity contribution >= 4 is 0 Å². The molecule has 0 heteroatoms. The normalized spacial score (nSPS) is 47.2. The molecule has 84 valence electrons. The van der Waals surface area contributed by atoms with Crippen molar-refractivity contribution in [2.45, 2.75) is 59.8 Å². The lowest BCUT2D eigenvalue weighted by Crippen LogP contribution is -2.29. The topological polar surface area (TPSA) is 0 Å². The second-order valence-corrected chi connectivity index (χ2v) is 7.02. The van der Waals surface area contributed by atoms with Crippen LogP contribution in [0.15, 0.2) is 11.1 Å². The summed E-state index contributed by atoms with van der Waals surface area (Å²) in [5, 5.41) is 0. The molecule has 3 rings (SSSR count). The third kappa shape index (κ3) is 1.04. The highest BCUT2D eigenvalue weighted by molar-refractivity contribution is 5.30. The minimum absolute atomic E-state index is 0.620. The average molecular weight is 204 g/mol. The Labute approximate surface area is 94.1 Å². The maximum absolute atomic E-state index is 2.51. The molecule has 0 amide bonds. The summed E-state index contributed by atoms with van der Waals surface area (Å²) in [4.78, 5) is 0. The zero-order valence-electron chi connectivity index (χ0n) is 10.7. The molecular formula is C15H24. The van der Waals surface area contributed by atoms with Crippen LogP contribution < -0.4 is 0 Å². The molecule has 3 aliphatic carbocycles. The number of rotatable bonds is 0. The van der Waals surface area contributed by atoms with Gasteiger partial charge >= 0.3 is 0 Å². The van der Waals surface area contributed by atoms with Gasteiger partial charge in [0.1, 0.15) is 0 Å². The van der Waals surface area contributed by atoms with E-state index in [-0.39, 0.29) is 0 Å². The Morgan fingerprint density at radius 2 is 1.80 bits per heavy atom. The van der Waals surface area contributed by atoms with Crippen molar-refractivity contribution in [3.8, 4) is 0 Å². The van der Waals surface area contributed by atoms with Gasteiger partial charge in [0.2, 0.25) is 0 Å². The van der Waals surface area contributed by atoms with E-state index >= 15 is 0 Å². The molecule has 0 aromatic heterocycles. The fourth-order valence-corrected chi connectivity index (χ4v) is 5.34. The Morgan fingerprint density at radius 3 is 2.47 bits per heavy atom. The molecule has 0 aromatic rings. The minimum atomic E-state index is 0.620. The van der Waals surface area contributed by atoms with Gasteiger partial charge in [0, 0.05) is 0 Å². The van der Waals surface area contributed by atoms with Crippen molar-refractivity contribution in [3.63, 3.8) is 0 Å². The number of hydrogen-bond donors (Lipinski definition) is 0. The first-order chi connectivity index (χ1) is 6.97. The average Bonchev–Trinajstić information content (AvgIpc) is 2.61. The molecule has 0 radical (unpaired) electrons. The standard InChI is InChI=1S/C15H24/c1-10-5-6-13-12-7-8-15(13,11(10)2)9-14(12,3)4/h12-13H,5-9H2,1-4H3. The van der Waals surface area contributed by atoms with Crippen LogP contribution in [-0.4, -0.2) is 0 Å². The number of hydrogen-bond acceptors (Lipinski definition) is 0. The van der Waals surface area contributed by atoms with Crippen LogP contribution in [-0.2, 0) is 0 Å². The molecular weight excluding hydrogens is 180 g/mol. The Hall–Kier alpha value is -0.260. The molecule has 0 heterocycles. The molecule has 0 aromatic carbocycles. The summed E-state index contributed by atoms with van der Waals surface area (Å²) >= 11 is 0. The van der Waals surface area contributed by atoms with E-state index in [0.717, 1.165) is 11.8 Å². The molecule has 0 nitrogen and oxygen atoms in total. The Bertz CT molecular complexity index is 334. The molecule has 0 spiro atoms. The van der Waals surface area contributed by atoms with Gasteiger partial charge in [0.05, 0.1) is 0 Å². The number of allylic oxidation sites excluding steroid dienone is 2. The fourth-order valence-electron chi connectivity index (χ4n) is 5.34. The van der Waals surface area contributed by atoms with Crippen LogP contribution >= 0.6 is 0 Å². The molecule has 2 saturated carbocycles. The van der Waals surface area contributed by atoms with E-state index < -0.39 is 0 Å². The third-order valence-electron chi connectivity index (χ3n) is 6.09. The van der Waals surface area contributed by atoms with Gasteiger partial charge in [-0.05, 0) is 68.6 Å². The first kappa shape index (κ1) is 9.93. The van der Waals surface area contributed by atoms with Gasteiger partial charge in [-0.2, -0.15) is 0 Å². The van der Waals surface area contributed by atoms with E-state index in [1.807, 2.05) is 0 Å². The monoisotopic (exact) mass is 204 g/mol. The maximum Gasteiger partial charge on any atom is -0.00518 e. The third-order valence-corrected chi connectivity index (χ3v) is 6.09. The highest BCUT2D eigenvalue weighted by atomic mass is 14.7. The first-order valence-electron chi connectivity index (χ1n) is 6.64. The lowest BCUT2D eigenvalue weighted by atomic mass is 9.65. The summed E-state index contributed by atoms with van der Waals surface area (Å²) in [6.45, 7) is 9.84. The van der Waals surface area contributed by atoms with E-state index in [4.69, 9.17) is 0 Å². The fraction of sp³-hybridized carbons (Fsp3) is 0.867. The maximum atomic E-state index is 2.51. The predicted molar refractivity (Wildman–Crippen MR) is 64.7 cm³/mol. The van der Waals surface area contributed by atoms with E-state index in [9.17, 15) is 0 Å². The van der Waals surface area contributed by atoms with Gasteiger partial charge in [-0.3, -0.25) is 0 Å². The summed E-state index contributed by atoms with van der Waals surface area (Å²) in [6, 6.07) is 0. The van der Waals surface area contributed by atoms with Crippen molar-refractivity contribution in [3.05, 3.63) is 11.1 Å². The molecule has 0 saturated heterocycles. The van der Waals surface area contributed by atoms with Crippen LogP contribution in [0.5, 0.6) is 0 Å². The van der Waals surface area contributed by atoms with Gasteiger partial charge < -0.3 is 0 Å². The quantitative estimate of drug-likeness (QED) is 0.507. The molecule has 0 N–H and O–H groups in total. The summed E-state index contributed by atoms with van der Waals surface area (Å²) in [5.41, 5.74) is 4.77. The second kappa shape index (κ2) is 2.70. The molecule has 2 fully saturated rings. The molecule has 3 atom stereocenters. The Kier molecular flexibility index (Phi) is 1.79. The summed E-state index contributed by atoms with van der Waals surface area (Å²) < 4.78 is 0. The Morgan fingerprint density at radius 1 is 1.07 bits per heavy atom. The molecule has 15 heavy (non-hydrogen) atoms. The highest BCUT2D eigenvalue weighted by Gasteiger charge is 2.62. The zero-order valence-corrected chi connectivity index (χ0v) is 10.7.